The van der Waals surface area contributed by atoms with Crippen LogP contribution in [-0.2, 0) is 0 Å². The summed E-state index contributed by atoms with van der Waals surface area (Å²) in [5, 5.41) is 81.2. The first-order valence-corrected chi connectivity index (χ1v) is 14.6. The van der Waals surface area contributed by atoms with Crippen LogP contribution in [0.3, 0.4) is 0 Å². The molecule has 0 amide bonds. The molecular weight excluding hydrogens is 472 g/mol. The van der Waals surface area contributed by atoms with Crippen LogP contribution in [0.25, 0.3) is 0 Å². The Labute approximate surface area is 223 Å². The minimum absolute atomic E-state index is 0.00623. The zero-order chi connectivity index (χ0) is 28.0. The molecule has 0 aliphatic heterocycles. The van der Waals surface area contributed by atoms with Gasteiger partial charge in [-0.25, -0.2) is 0 Å². The maximum Gasteiger partial charge on any atom is 0.122 e. The highest BCUT2D eigenvalue weighted by molar-refractivity contribution is 5.19. The molecule has 4 saturated carbocycles. The molecule has 0 aromatic heterocycles. The molecule has 4 rings (SSSR count). The van der Waals surface area contributed by atoms with E-state index in [2.05, 4.69) is 41.5 Å². The van der Waals surface area contributed by atoms with E-state index in [0.717, 1.165) is 19.3 Å². The average molecular weight is 527 g/mol. The molecule has 0 aromatic carbocycles. The van der Waals surface area contributed by atoms with Crippen molar-refractivity contribution in [1.82, 2.24) is 0 Å². The molecule has 0 bridgehead atoms. The van der Waals surface area contributed by atoms with Crippen molar-refractivity contribution >= 4 is 0 Å². The standard InChI is InChI=1S/C30H54O7/c1-13-11-18-24(33)20-16(12-28(3,4)5)15-9-10-17(29(6,7)8)23(32)21(15)25(34)22(20)27(36)30(18,37)26(35)19(13)14(2)31/h13-27,31-37H,9-12H2,1-8H3. The van der Waals surface area contributed by atoms with Gasteiger partial charge in [-0.05, 0) is 73.0 Å². The van der Waals surface area contributed by atoms with Gasteiger partial charge in [0.15, 0.2) is 0 Å². The largest absolute Gasteiger partial charge is 0.393 e. The predicted molar refractivity (Wildman–Crippen MR) is 141 cm³/mol. The quantitative estimate of drug-likeness (QED) is 0.292. The molecule has 4 aliphatic carbocycles. The van der Waals surface area contributed by atoms with E-state index in [1.54, 1.807) is 6.92 Å². The molecule has 216 valence electrons. The van der Waals surface area contributed by atoms with Crippen LogP contribution in [0.5, 0.6) is 0 Å². The normalized spacial score (nSPS) is 53.6. The summed E-state index contributed by atoms with van der Waals surface area (Å²) in [5.74, 6) is -3.51. The van der Waals surface area contributed by atoms with Gasteiger partial charge >= 0.3 is 0 Å². The lowest BCUT2D eigenvalue weighted by atomic mass is 9.43. The molecule has 0 radical (unpaired) electrons. The fourth-order valence-electron chi connectivity index (χ4n) is 9.79. The third-order valence-corrected chi connectivity index (χ3v) is 11.3. The Bertz CT molecular complexity index is 818. The van der Waals surface area contributed by atoms with Crippen molar-refractivity contribution in [3.63, 3.8) is 0 Å². The van der Waals surface area contributed by atoms with Crippen molar-refractivity contribution < 1.29 is 35.7 Å². The summed E-state index contributed by atoms with van der Waals surface area (Å²) in [6.07, 6.45) is -3.95. The van der Waals surface area contributed by atoms with Crippen LogP contribution < -0.4 is 0 Å². The van der Waals surface area contributed by atoms with Crippen LogP contribution in [0.2, 0.25) is 0 Å². The van der Waals surface area contributed by atoms with E-state index in [-0.39, 0.29) is 34.5 Å². The minimum atomic E-state index is -2.06. The maximum atomic E-state index is 12.0. The fourth-order valence-corrected chi connectivity index (χ4v) is 9.79. The van der Waals surface area contributed by atoms with Gasteiger partial charge in [0.05, 0.1) is 36.6 Å². The fraction of sp³-hybridized carbons (Fsp3) is 1.00. The van der Waals surface area contributed by atoms with Gasteiger partial charge in [-0.15, -0.1) is 0 Å². The SMILES string of the molecule is CC(O)C1C(C)CC2C(O)C3C(CC(C)(C)C)C4CCC(C(C)(C)C)C(O)C4C(O)C3C(O)C2(O)C1O. The van der Waals surface area contributed by atoms with E-state index in [0.29, 0.717) is 6.42 Å². The predicted octanol–water partition coefficient (Wildman–Crippen LogP) is 2.18. The second-order valence-corrected chi connectivity index (χ2v) is 15.8. The van der Waals surface area contributed by atoms with Gasteiger partial charge in [0, 0.05) is 23.7 Å². The number of hydrogen-bond acceptors (Lipinski definition) is 7. The van der Waals surface area contributed by atoms with Gasteiger partial charge in [0.25, 0.3) is 0 Å². The Morgan fingerprint density at radius 2 is 1.41 bits per heavy atom. The summed E-state index contributed by atoms with van der Waals surface area (Å²) >= 11 is 0. The summed E-state index contributed by atoms with van der Waals surface area (Å²) < 4.78 is 0. The van der Waals surface area contributed by atoms with Crippen LogP contribution in [0.1, 0.15) is 81.1 Å². The molecule has 37 heavy (non-hydrogen) atoms. The Balaban J connectivity index is 1.82. The van der Waals surface area contributed by atoms with Crippen molar-refractivity contribution in [2.24, 2.45) is 64.1 Å². The summed E-state index contributed by atoms with van der Waals surface area (Å²) in [6, 6.07) is 0. The molecule has 16 unspecified atom stereocenters. The van der Waals surface area contributed by atoms with Crippen molar-refractivity contribution in [3.05, 3.63) is 0 Å². The summed E-state index contributed by atoms with van der Waals surface area (Å²) in [7, 11) is 0. The van der Waals surface area contributed by atoms with Gasteiger partial charge in [-0.1, -0.05) is 48.5 Å². The Morgan fingerprint density at radius 1 is 0.811 bits per heavy atom. The third-order valence-electron chi connectivity index (χ3n) is 11.3. The second kappa shape index (κ2) is 9.67. The Hall–Kier alpha value is -0.280. The van der Waals surface area contributed by atoms with E-state index in [9.17, 15) is 35.7 Å². The lowest BCUT2D eigenvalue weighted by Crippen LogP contribution is -2.77. The Kier molecular flexibility index (Phi) is 7.76. The van der Waals surface area contributed by atoms with E-state index < -0.39 is 71.8 Å². The van der Waals surface area contributed by atoms with E-state index in [1.807, 2.05) is 6.92 Å². The highest BCUT2D eigenvalue weighted by Crippen LogP contribution is 2.62. The molecule has 4 fully saturated rings. The van der Waals surface area contributed by atoms with Crippen LogP contribution in [0, 0.1) is 64.1 Å². The number of rotatable bonds is 2. The number of aliphatic hydroxyl groups is 7. The average Bonchev–Trinajstić information content (AvgIpc) is 2.74. The van der Waals surface area contributed by atoms with Crippen molar-refractivity contribution in [2.75, 3.05) is 0 Å². The zero-order valence-electron chi connectivity index (χ0n) is 24.1. The van der Waals surface area contributed by atoms with E-state index in [1.165, 1.54) is 0 Å². The van der Waals surface area contributed by atoms with Gasteiger partial charge < -0.3 is 35.7 Å². The van der Waals surface area contributed by atoms with Gasteiger partial charge in [0.2, 0.25) is 0 Å². The molecule has 0 aromatic rings. The number of hydrogen-bond donors (Lipinski definition) is 7. The first-order valence-electron chi connectivity index (χ1n) is 14.6. The van der Waals surface area contributed by atoms with Crippen LogP contribution in [0.15, 0.2) is 0 Å². The van der Waals surface area contributed by atoms with Crippen molar-refractivity contribution in [3.8, 4) is 0 Å². The van der Waals surface area contributed by atoms with Crippen molar-refractivity contribution in [1.29, 1.82) is 0 Å². The molecule has 0 heterocycles. The highest BCUT2D eigenvalue weighted by Gasteiger charge is 2.70. The smallest absolute Gasteiger partial charge is 0.122 e. The van der Waals surface area contributed by atoms with Gasteiger partial charge in [0.1, 0.15) is 5.60 Å². The van der Waals surface area contributed by atoms with Gasteiger partial charge in [-0.3, -0.25) is 0 Å². The van der Waals surface area contributed by atoms with Crippen LogP contribution in [0.4, 0.5) is 0 Å². The monoisotopic (exact) mass is 526 g/mol. The molecule has 7 heteroatoms. The topological polar surface area (TPSA) is 142 Å². The first-order chi connectivity index (χ1) is 16.8. The molecule has 16 atom stereocenters. The highest BCUT2D eigenvalue weighted by atomic mass is 16.4. The number of fused-ring (bicyclic) bond motifs is 3. The summed E-state index contributed by atoms with van der Waals surface area (Å²) in [6.45, 7) is 16.3. The molecular formula is C30H54O7. The molecule has 0 saturated heterocycles. The number of aliphatic hydroxyl groups excluding tert-OH is 6. The van der Waals surface area contributed by atoms with Crippen LogP contribution in [-0.4, -0.2) is 78.0 Å². The first kappa shape index (κ1) is 29.7. The molecule has 7 N–H and O–H groups in total. The minimum Gasteiger partial charge on any atom is -0.393 e. The maximum absolute atomic E-state index is 12.0. The lowest BCUT2D eigenvalue weighted by Gasteiger charge is -2.66. The Morgan fingerprint density at radius 3 is 1.92 bits per heavy atom. The lowest BCUT2D eigenvalue weighted by molar-refractivity contribution is -0.323. The van der Waals surface area contributed by atoms with E-state index >= 15 is 0 Å². The van der Waals surface area contributed by atoms with E-state index in [4.69, 9.17) is 0 Å². The summed E-state index contributed by atoms with van der Waals surface area (Å²) in [4.78, 5) is 0. The molecule has 4 aliphatic rings. The molecule has 0 spiro atoms. The van der Waals surface area contributed by atoms with Crippen molar-refractivity contribution in [2.45, 2.75) is 123 Å². The summed E-state index contributed by atoms with van der Waals surface area (Å²) in [5.41, 5.74) is -2.30. The second-order valence-electron chi connectivity index (χ2n) is 15.8. The zero-order valence-corrected chi connectivity index (χ0v) is 24.1. The third kappa shape index (κ3) is 4.62. The van der Waals surface area contributed by atoms with Crippen LogP contribution >= 0.6 is 0 Å². The van der Waals surface area contributed by atoms with Gasteiger partial charge in [-0.2, -0.15) is 0 Å². The molecule has 7 nitrogen and oxygen atoms in total.